The zero-order chi connectivity index (χ0) is 23.4. The fourth-order valence-electron chi connectivity index (χ4n) is 4.19. The maximum atomic E-state index is 13.0. The molecule has 1 N–H and O–H groups in total. The van der Waals surface area contributed by atoms with E-state index in [0.717, 1.165) is 30.6 Å². The number of ketones is 1. The van der Waals surface area contributed by atoms with E-state index in [1.165, 1.54) is 4.90 Å². The van der Waals surface area contributed by atoms with Crippen LogP contribution in [-0.4, -0.2) is 41.6 Å². The molecule has 0 bridgehead atoms. The topological polar surface area (TPSA) is 85.3 Å². The van der Waals surface area contributed by atoms with Crippen molar-refractivity contribution in [2.24, 2.45) is 0 Å². The smallest absolute Gasteiger partial charge is 0.295 e. The monoisotopic (exact) mass is 451 g/mol. The molecule has 2 aromatic carbocycles. The highest BCUT2D eigenvalue weighted by Crippen LogP contribution is 2.41. The number of benzene rings is 2. The van der Waals surface area contributed by atoms with Gasteiger partial charge in [0.2, 0.25) is 6.79 Å². The SMILES string of the molecule is CCCCCOc1ccc(C2/C(=C(/O)c3ccc4c(c3)OCO4)C(=O)C(=O)N2CCC)cc1. The van der Waals surface area contributed by atoms with Gasteiger partial charge in [-0.25, -0.2) is 0 Å². The predicted molar refractivity (Wildman–Crippen MR) is 123 cm³/mol. The fourth-order valence-corrected chi connectivity index (χ4v) is 4.19. The third kappa shape index (κ3) is 4.53. The highest BCUT2D eigenvalue weighted by Gasteiger charge is 2.45. The predicted octanol–water partition coefficient (Wildman–Crippen LogP) is 4.82. The normalized spacial score (nSPS) is 18.7. The van der Waals surface area contributed by atoms with Gasteiger partial charge in [-0.1, -0.05) is 38.8 Å². The molecule has 7 nitrogen and oxygen atoms in total. The Kier molecular flexibility index (Phi) is 6.87. The summed E-state index contributed by atoms with van der Waals surface area (Å²) in [7, 11) is 0. The van der Waals surface area contributed by atoms with Gasteiger partial charge in [0.15, 0.2) is 11.5 Å². The number of unbranched alkanes of at least 4 members (excludes halogenated alkanes) is 2. The second kappa shape index (κ2) is 9.98. The average Bonchev–Trinajstić information content (AvgIpc) is 3.40. The number of carbonyl (C=O) groups is 2. The highest BCUT2D eigenvalue weighted by molar-refractivity contribution is 6.46. The van der Waals surface area contributed by atoms with Crippen LogP contribution in [0.3, 0.4) is 0 Å². The average molecular weight is 452 g/mol. The Bertz CT molecular complexity index is 1060. The van der Waals surface area contributed by atoms with Gasteiger partial charge in [-0.2, -0.15) is 0 Å². The van der Waals surface area contributed by atoms with E-state index in [-0.39, 0.29) is 18.1 Å². The van der Waals surface area contributed by atoms with Crippen LogP contribution in [0.1, 0.15) is 56.7 Å². The Hall–Kier alpha value is -3.48. The molecule has 2 heterocycles. The first-order valence-electron chi connectivity index (χ1n) is 11.5. The lowest BCUT2D eigenvalue weighted by Crippen LogP contribution is -2.30. The number of aliphatic hydroxyl groups excluding tert-OH is 1. The molecule has 0 spiro atoms. The first-order chi connectivity index (χ1) is 16.0. The second-order valence-corrected chi connectivity index (χ2v) is 8.19. The van der Waals surface area contributed by atoms with E-state index in [4.69, 9.17) is 14.2 Å². The molecule has 4 rings (SSSR count). The van der Waals surface area contributed by atoms with Crippen LogP contribution in [0.5, 0.6) is 17.2 Å². The maximum Gasteiger partial charge on any atom is 0.295 e. The van der Waals surface area contributed by atoms with Crippen LogP contribution in [0.25, 0.3) is 5.76 Å². The molecule has 2 aliphatic heterocycles. The third-order valence-electron chi connectivity index (χ3n) is 5.86. The minimum atomic E-state index is -0.691. The van der Waals surface area contributed by atoms with Crippen LogP contribution >= 0.6 is 0 Å². The molecule has 0 aliphatic carbocycles. The van der Waals surface area contributed by atoms with E-state index in [1.807, 2.05) is 31.2 Å². The molecule has 1 fully saturated rings. The minimum absolute atomic E-state index is 0.0731. The summed E-state index contributed by atoms with van der Waals surface area (Å²) >= 11 is 0. The number of hydrogen-bond donors (Lipinski definition) is 1. The van der Waals surface area contributed by atoms with Gasteiger partial charge in [0.05, 0.1) is 18.2 Å². The van der Waals surface area contributed by atoms with Gasteiger partial charge in [-0.05, 0) is 48.7 Å². The first kappa shape index (κ1) is 22.7. The number of amides is 1. The zero-order valence-corrected chi connectivity index (χ0v) is 19.0. The summed E-state index contributed by atoms with van der Waals surface area (Å²) in [6, 6.07) is 11.7. The molecule has 33 heavy (non-hydrogen) atoms. The number of fused-ring (bicyclic) bond motifs is 1. The van der Waals surface area contributed by atoms with Crippen molar-refractivity contribution in [2.75, 3.05) is 19.9 Å². The van der Waals surface area contributed by atoms with Gasteiger partial charge in [-0.3, -0.25) is 9.59 Å². The Morgan fingerprint density at radius 3 is 2.52 bits per heavy atom. The van der Waals surface area contributed by atoms with Crippen molar-refractivity contribution in [3.8, 4) is 17.2 Å². The Balaban J connectivity index is 1.68. The van der Waals surface area contributed by atoms with Gasteiger partial charge in [0, 0.05) is 12.1 Å². The molecule has 1 amide bonds. The van der Waals surface area contributed by atoms with Crippen molar-refractivity contribution in [3.05, 3.63) is 59.2 Å². The van der Waals surface area contributed by atoms with Crippen molar-refractivity contribution >= 4 is 17.4 Å². The van der Waals surface area contributed by atoms with Crippen molar-refractivity contribution in [3.63, 3.8) is 0 Å². The number of rotatable bonds is 9. The van der Waals surface area contributed by atoms with E-state index in [1.54, 1.807) is 18.2 Å². The molecule has 0 saturated carbocycles. The highest BCUT2D eigenvalue weighted by atomic mass is 16.7. The fraction of sp³-hybridized carbons (Fsp3) is 0.385. The van der Waals surface area contributed by atoms with Crippen molar-refractivity contribution < 1.29 is 28.9 Å². The van der Waals surface area contributed by atoms with Crippen molar-refractivity contribution in [2.45, 2.75) is 45.6 Å². The lowest BCUT2D eigenvalue weighted by atomic mass is 9.95. The molecule has 2 aliphatic rings. The van der Waals surface area contributed by atoms with Crippen LogP contribution in [0.15, 0.2) is 48.0 Å². The molecule has 1 atom stereocenters. The minimum Gasteiger partial charge on any atom is -0.507 e. The van der Waals surface area contributed by atoms with E-state index < -0.39 is 17.7 Å². The van der Waals surface area contributed by atoms with Gasteiger partial charge in [0.1, 0.15) is 11.5 Å². The lowest BCUT2D eigenvalue weighted by Gasteiger charge is -2.25. The molecule has 2 aromatic rings. The number of carbonyl (C=O) groups excluding carboxylic acids is 2. The Morgan fingerprint density at radius 2 is 1.79 bits per heavy atom. The third-order valence-corrected chi connectivity index (χ3v) is 5.86. The molecule has 1 saturated heterocycles. The molecular formula is C26H29NO6. The number of nitrogens with zero attached hydrogens (tertiary/aromatic N) is 1. The molecular weight excluding hydrogens is 422 g/mol. The Labute approximate surface area is 193 Å². The number of aliphatic hydroxyl groups is 1. The van der Waals surface area contributed by atoms with Gasteiger partial charge in [-0.15, -0.1) is 0 Å². The summed E-state index contributed by atoms with van der Waals surface area (Å²) in [5, 5.41) is 11.1. The van der Waals surface area contributed by atoms with E-state index >= 15 is 0 Å². The summed E-state index contributed by atoms with van der Waals surface area (Å²) < 4.78 is 16.5. The summed E-state index contributed by atoms with van der Waals surface area (Å²) in [4.78, 5) is 27.4. The summed E-state index contributed by atoms with van der Waals surface area (Å²) in [5.41, 5.74) is 1.21. The van der Waals surface area contributed by atoms with Crippen LogP contribution in [0, 0.1) is 0 Å². The molecule has 1 unspecified atom stereocenters. The largest absolute Gasteiger partial charge is 0.507 e. The molecule has 7 heteroatoms. The zero-order valence-electron chi connectivity index (χ0n) is 19.0. The second-order valence-electron chi connectivity index (χ2n) is 8.19. The van der Waals surface area contributed by atoms with Gasteiger partial charge < -0.3 is 24.2 Å². The first-order valence-corrected chi connectivity index (χ1v) is 11.5. The summed E-state index contributed by atoms with van der Waals surface area (Å²) in [6.45, 7) is 5.24. The van der Waals surface area contributed by atoms with Crippen LogP contribution in [0.2, 0.25) is 0 Å². The number of ether oxygens (including phenoxy) is 3. The quantitative estimate of drug-likeness (QED) is 0.255. The van der Waals surface area contributed by atoms with Crippen molar-refractivity contribution in [1.29, 1.82) is 0 Å². The molecule has 0 radical (unpaired) electrons. The molecule has 0 aromatic heterocycles. The van der Waals surface area contributed by atoms with Crippen molar-refractivity contribution in [1.82, 2.24) is 4.90 Å². The standard InChI is InChI=1S/C26H29NO6/c1-3-5-6-14-31-19-10-7-17(8-11-19)23-22(25(29)26(30)27(23)13-4-2)24(28)18-9-12-20-21(15-18)33-16-32-20/h7-12,15,23,28H,3-6,13-14,16H2,1-2H3/b24-22-. The number of likely N-dealkylation sites (tertiary alicyclic amines) is 1. The Morgan fingerprint density at radius 1 is 1.03 bits per heavy atom. The number of hydrogen-bond acceptors (Lipinski definition) is 6. The van der Waals surface area contributed by atoms with Crippen LogP contribution in [0.4, 0.5) is 0 Å². The van der Waals surface area contributed by atoms with E-state index in [2.05, 4.69) is 6.92 Å². The number of Topliss-reactive ketones (excluding diaryl/α,β-unsaturated/α-hetero) is 1. The van der Waals surface area contributed by atoms with E-state index in [0.29, 0.717) is 36.6 Å². The summed E-state index contributed by atoms with van der Waals surface area (Å²) in [5.74, 6) is 0.271. The van der Waals surface area contributed by atoms with Crippen LogP contribution in [-0.2, 0) is 9.59 Å². The maximum absolute atomic E-state index is 13.0. The van der Waals surface area contributed by atoms with Gasteiger partial charge in [0.25, 0.3) is 11.7 Å². The summed E-state index contributed by atoms with van der Waals surface area (Å²) in [6.07, 6.45) is 3.92. The molecule has 174 valence electrons. The van der Waals surface area contributed by atoms with Gasteiger partial charge >= 0.3 is 0 Å². The van der Waals surface area contributed by atoms with Crippen LogP contribution < -0.4 is 14.2 Å². The lowest BCUT2D eigenvalue weighted by molar-refractivity contribution is -0.139. The van der Waals surface area contributed by atoms with E-state index in [9.17, 15) is 14.7 Å².